The van der Waals surface area contributed by atoms with E-state index >= 15 is 0 Å². The van der Waals surface area contributed by atoms with Gasteiger partial charge in [-0.1, -0.05) is 27.7 Å². The summed E-state index contributed by atoms with van der Waals surface area (Å²) in [6.07, 6.45) is 0.813. The number of aromatic nitrogens is 2. The molecule has 2 amide bonds. The van der Waals surface area contributed by atoms with Gasteiger partial charge in [-0.3, -0.25) is 9.59 Å². The lowest BCUT2D eigenvalue weighted by Gasteiger charge is -2.23. The van der Waals surface area contributed by atoms with Crippen LogP contribution in [0.25, 0.3) is 11.0 Å². The molecule has 1 aromatic heterocycles. The molecular weight excluding hydrogens is 328 g/mol. The maximum Gasteiger partial charge on any atom is 0.253 e. The Hall–Kier alpha value is -2.37. The van der Waals surface area contributed by atoms with E-state index in [1.165, 1.54) is 0 Å². The van der Waals surface area contributed by atoms with Crippen molar-refractivity contribution in [3.8, 4) is 0 Å². The summed E-state index contributed by atoms with van der Waals surface area (Å²) in [5, 5.41) is 0. The molecule has 1 N–H and O–H groups in total. The first-order chi connectivity index (χ1) is 12.4. The molecule has 1 aromatic carbocycles. The average Bonchev–Trinajstić information content (AvgIpc) is 2.89. The van der Waals surface area contributed by atoms with Crippen molar-refractivity contribution < 1.29 is 9.59 Å². The van der Waals surface area contributed by atoms with E-state index in [9.17, 15) is 9.59 Å². The number of H-pyrrole nitrogens is 1. The van der Waals surface area contributed by atoms with Crippen molar-refractivity contribution in [1.29, 1.82) is 0 Å². The van der Waals surface area contributed by atoms with E-state index in [4.69, 9.17) is 0 Å². The average molecular weight is 356 g/mol. The Kier molecular flexibility index (Phi) is 5.30. The number of fused-ring (bicyclic) bond motifs is 1. The van der Waals surface area contributed by atoms with Crippen LogP contribution in [0, 0.1) is 5.92 Å². The summed E-state index contributed by atoms with van der Waals surface area (Å²) in [6.45, 7) is 10.6. The van der Waals surface area contributed by atoms with E-state index in [2.05, 4.69) is 23.8 Å². The first-order valence-electron chi connectivity index (χ1n) is 9.44. The minimum Gasteiger partial charge on any atom is -0.342 e. The fourth-order valence-corrected chi connectivity index (χ4v) is 3.32. The van der Waals surface area contributed by atoms with E-state index in [1.54, 1.807) is 0 Å². The monoisotopic (exact) mass is 356 g/mol. The molecule has 0 spiro atoms. The number of carbonyl (C=O) groups excluding carboxylic acids is 2. The Morgan fingerprint density at radius 3 is 2.42 bits per heavy atom. The van der Waals surface area contributed by atoms with Gasteiger partial charge in [0.1, 0.15) is 5.82 Å². The van der Waals surface area contributed by atoms with Gasteiger partial charge in [0.15, 0.2) is 0 Å². The zero-order chi connectivity index (χ0) is 18.8. The van der Waals surface area contributed by atoms with E-state index in [1.807, 2.05) is 41.8 Å². The standard InChI is InChI=1S/C20H28N4O2/c1-13(2)18-21-16-7-6-15(12-17(16)22-18)20(26)24-9-5-8-23(10-11-24)19(25)14(3)4/h6-7,12-14H,5,8-11H2,1-4H3,(H,21,22). The van der Waals surface area contributed by atoms with E-state index in [0.717, 1.165) is 29.8 Å². The number of benzene rings is 1. The van der Waals surface area contributed by atoms with Crippen LogP contribution in [0.1, 0.15) is 56.2 Å². The van der Waals surface area contributed by atoms with Crippen molar-refractivity contribution in [3.63, 3.8) is 0 Å². The molecule has 1 saturated heterocycles. The zero-order valence-corrected chi connectivity index (χ0v) is 16.1. The second-order valence-electron chi connectivity index (χ2n) is 7.63. The van der Waals surface area contributed by atoms with Crippen LogP contribution in [0.3, 0.4) is 0 Å². The number of nitrogens with one attached hydrogen (secondary N) is 1. The molecule has 1 aliphatic rings. The number of hydrogen-bond acceptors (Lipinski definition) is 3. The SMILES string of the molecule is CC(C)C(=O)N1CCCN(C(=O)c2ccc3nc(C(C)C)[nH]c3c2)CC1. The number of carbonyl (C=O) groups is 2. The summed E-state index contributed by atoms with van der Waals surface area (Å²) in [5.74, 6) is 1.43. The predicted octanol–water partition coefficient (Wildman–Crippen LogP) is 3.02. The molecule has 0 unspecified atom stereocenters. The normalized spacial score (nSPS) is 15.8. The van der Waals surface area contributed by atoms with E-state index in [-0.39, 0.29) is 17.7 Å². The van der Waals surface area contributed by atoms with Crippen LogP contribution < -0.4 is 0 Å². The number of hydrogen-bond donors (Lipinski definition) is 1. The highest BCUT2D eigenvalue weighted by Crippen LogP contribution is 2.20. The van der Waals surface area contributed by atoms with Crippen molar-refractivity contribution in [1.82, 2.24) is 19.8 Å². The van der Waals surface area contributed by atoms with Crippen LogP contribution in [-0.4, -0.2) is 57.8 Å². The molecule has 3 rings (SSSR count). The minimum absolute atomic E-state index is 0.00445. The second kappa shape index (κ2) is 7.48. The molecule has 1 aliphatic heterocycles. The van der Waals surface area contributed by atoms with Crippen molar-refractivity contribution in [3.05, 3.63) is 29.6 Å². The molecule has 0 atom stereocenters. The van der Waals surface area contributed by atoms with Gasteiger partial charge in [0.25, 0.3) is 5.91 Å². The molecule has 0 radical (unpaired) electrons. The maximum atomic E-state index is 12.9. The van der Waals surface area contributed by atoms with E-state index < -0.39 is 0 Å². The number of imidazole rings is 1. The van der Waals surface area contributed by atoms with Gasteiger partial charge in [0, 0.05) is 43.6 Å². The molecule has 140 valence electrons. The van der Waals surface area contributed by atoms with Crippen molar-refractivity contribution in [2.45, 2.75) is 40.0 Å². The summed E-state index contributed by atoms with van der Waals surface area (Å²) < 4.78 is 0. The number of amides is 2. The number of nitrogens with zero attached hydrogens (tertiary/aromatic N) is 3. The highest BCUT2D eigenvalue weighted by molar-refractivity contribution is 5.97. The number of rotatable bonds is 3. The number of aromatic amines is 1. The summed E-state index contributed by atoms with van der Waals surface area (Å²) >= 11 is 0. The molecule has 2 heterocycles. The van der Waals surface area contributed by atoms with Crippen LogP contribution in [0.15, 0.2) is 18.2 Å². The van der Waals surface area contributed by atoms with Gasteiger partial charge >= 0.3 is 0 Å². The summed E-state index contributed by atoms with van der Waals surface area (Å²) in [4.78, 5) is 36.7. The second-order valence-corrected chi connectivity index (χ2v) is 7.63. The van der Waals surface area contributed by atoms with Crippen LogP contribution in [-0.2, 0) is 4.79 Å². The smallest absolute Gasteiger partial charge is 0.253 e. The molecular formula is C20H28N4O2. The third kappa shape index (κ3) is 3.74. The summed E-state index contributed by atoms with van der Waals surface area (Å²) in [5.41, 5.74) is 2.45. The zero-order valence-electron chi connectivity index (χ0n) is 16.1. The lowest BCUT2D eigenvalue weighted by atomic mass is 10.1. The third-order valence-corrected chi connectivity index (χ3v) is 4.88. The quantitative estimate of drug-likeness (QED) is 0.919. The highest BCUT2D eigenvalue weighted by atomic mass is 16.2. The molecule has 0 aliphatic carbocycles. The topological polar surface area (TPSA) is 69.3 Å². The fourth-order valence-electron chi connectivity index (χ4n) is 3.32. The van der Waals surface area contributed by atoms with Crippen LogP contribution in [0.2, 0.25) is 0 Å². The Morgan fingerprint density at radius 1 is 1.04 bits per heavy atom. The van der Waals surface area contributed by atoms with Crippen LogP contribution >= 0.6 is 0 Å². The summed E-state index contributed by atoms with van der Waals surface area (Å²) in [7, 11) is 0. The molecule has 26 heavy (non-hydrogen) atoms. The molecule has 1 fully saturated rings. The molecule has 0 bridgehead atoms. The van der Waals surface area contributed by atoms with Gasteiger partial charge in [-0.2, -0.15) is 0 Å². The Balaban J connectivity index is 1.74. The third-order valence-electron chi connectivity index (χ3n) is 4.88. The maximum absolute atomic E-state index is 12.9. The Morgan fingerprint density at radius 2 is 1.73 bits per heavy atom. The van der Waals surface area contributed by atoms with Gasteiger partial charge in [0.05, 0.1) is 11.0 Å². The first kappa shape index (κ1) is 18.4. The molecule has 6 nitrogen and oxygen atoms in total. The van der Waals surface area contributed by atoms with Crippen LogP contribution in [0.5, 0.6) is 0 Å². The fraction of sp³-hybridized carbons (Fsp3) is 0.550. The van der Waals surface area contributed by atoms with E-state index in [0.29, 0.717) is 31.1 Å². The Labute approximate surface area is 154 Å². The van der Waals surface area contributed by atoms with Gasteiger partial charge in [0.2, 0.25) is 5.91 Å². The summed E-state index contributed by atoms with van der Waals surface area (Å²) in [6, 6.07) is 5.63. The lowest BCUT2D eigenvalue weighted by molar-refractivity contribution is -0.134. The van der Waals surface area contributed by atoms with Gasteiger partial charge < -0.3 is 14.8 Å². The largest absolute Gasteiger partial charge is 0.342 e. The molecule has 2 aromatic rings. The van der Waals surface area contributed by atoms with Crippen molar-refractivity contribution in [2.24, 2.45) is 5.92 Å². The van der Waals surface area contributed by atoms with Crippen molar-refractivity contribution in [2.75, 3.05) is 26.2 Å². The Bertz CT molecular complexity index is 809. The first-order valence-corrected chi connectivity index (χ1v) is 9.44. The van der Waals surface area contributed by atoms with Gasteiger partial charge in [-0.25, -0.2) is 4.98 Å². The van der Waals surface area contributed by atoms with Crippen LogP contribution in [0.4, 0.5) is 0 Å². The molecule has 0 saturated carbocycles. The highest BCUT2D eigenvalue weighted by Gasteiger charge is 2.24. The van der Waals surface area contributed by atoms with Gasteiger partial charge in [-0.05, 0) is 24.6 Å². The van der Waals surface area contributed by atoms with Gasteiger partial charge in [-0.15, -0.1) is 0 Å². The lowest BCUT2D eigenvalue weighted by Crippen LogP contribution is -2.38. The predicted molar refractivity (Wildman–Crippen MR) is 102 cm³/mol. The molecule has 6 heteroatoms. The van der Waals surface area contributed by atoms with Crippen molar-refractivity contribution >= 4 is 22.8 Å². The minimum atomic E-state index is -0.00445.